The first-order valence-corrected chi connectivity index (χ1v) is 8.01. The molecule has 0 spiro atoms. The van der Waals surface area contributed by atoms with Crippen LogP contribution in [0.4, 0.5) is 0 Å². The molecule has 0 atom stereocenters. The summed E-state index contributed by atoms with van der Waals surface area (Å²) in [6.07, 6.45) is 1.75. The third-order valence-corrected chi connectivity index (χ3v) is 4.31. The van der Waals surface area contributed by atoms with Crippen molar-refractivity contribution in [2.24, 2.45) is 0 Å². The summed E-state index contributed by atoms with van der Waals surface area (Å²) in [5.74, 6) is 1.98. The Morgan fingerprint density at radius 1 is 1.04 bits per heavy atom. The molecule has 3 aromatic rings. The molecule has 4 nitrogen and oxygen atoms in total. The molecular formula is C19H20N2O2. The highest BCUT2D eigenvalue weighted by atomic mass is 16.6. The first-order valence-electron chi connectivity index (χ1n) is 8.01. The molecule has 0 fully saturated rings. The molecule has 0 unspecified atom stereocenters. The summed E-state index contributed by atoms with van der Waals surface area (Å²) in [5, 5.41) is 1.24. The normalized spacial score (nSPS) is 13.7. The van der Waals surface area contributed by atoms with Crippen LogP contribution >= 0.6 is 0 Å². The average molecular weight is 308 g/mol. The number of aryl methyl sites for hydroxylation is 1. The van der Waals surface area contributed by atoms with Crippen molar-refractivity contribution >= 4 is 10.9 Å². The third kappa shape index (κ3) is 2.44. The Labute approximate surface area is 135 Å². The van der Waals surface area contributed by atoms with E-state index in [-0.39, 0.29) is 0 Å². The smallest absolute Gasteiger partial charge is 0.179 e. The molecule has 0 bridgehead atoms. The molecule has 4 heteroatoms. The third-order valence-electron chi connectivity index (χ3n) is 4.31. The number of ether oxygens (including phenoxy) is 2. The highest BCUT2D eigenvalue weighted by Gasteiger charge is 2.15. The Morgan fingerprint density at radius 2 is 1.83 bits per heavy atom. The molecular weight excluding hydrogens is 288 g/mol. The molecule has 3 heterocycles. The van der Waals surface area contributed by atoms with Crippen LogP contribution in [0.25, 0.3) is 22.2 Å². The van der Waals surface area contributed by atoms with E-state index < -0.39 is 0 Å². The summed E-state index contributed by atoms with van der Waals surface area (Å²) in [4.78, 5) is 8.06. The van der Waals surface area contributed by atoms with Gasteiger partial charge in [-0.25, -0.2) is 0 Å². The van der Waals surface area contributed by atoms with Gasteiger partial charge in [0.25, 0.3) is 0 Å². The van der Waals surface area contributed by atoms with Gasteiger partial charge in [0.15, 0.2) is 11.5 Å². The second-order valence-corrected chi connectivity index (χ2v) is 6.35. The standard InChI is InChI=1S/C19H20N2O2/c1-11(2)15-7-13-6-12(3)14(8-16(13)21-15)17-9-18-19(10-20-17)23-5-4-22-18/h6-11,21H,4-5H2,1-3H3. The maximum atomic E-state index is 5.68. The Hall–Kier alpha value is -2.49. The summed E-state index contributed by atoms with van der Waals surface area (Å²) in [6, 6.07) is 8.59. The fourth-order valence-corrected chi connectivity index (χ4v) is 3.00. The fourth-order valence-electron chi connectivity index (χ4n) is 3.00. The number of pyridine rings is 1. The van der Waals surface area contributed by atoms with Crippen molar-refractivity contribution < 1.29 is 9.47 Å². The Bertz CT molecular complexity index is 880. The lowest BCUT2D eigenvalue weighted by atomic mass is 10.0. The predicted octanol–water partition coefficient (Wildman–Crippen LogP) is 4.43. The summed E-state index contributed by atoms with van der Waals surface area (Å²) >= 11 is 0. The molecule has 1 aromatic carbocycles. The summed E-state index contributed by atoms with van der Waals surface area (Å²) < 4.78 is 11.2. The molecule has 0 saturated carbocycles. The monoisotopic (exact) mass is 308 g/mol. The van der Waals surface area contributed by atoms with E-state index in [4.69, 9.17) is 9.47 Å². The van der Waals surface area contributed by atoms with Crippen molar-refractivity contribution in [2.45, 2.75) is 26.7 Å². The number of fused-ring (bicyclic) bond motifs is 2. The van der Waals surface area contributed by atoms with Crippen LogP contribution in [0.2, 0.25) is 0 Å². The minimum Gasteiger partial charge on any atom is -0.486 e. The predicted molar refractivity (Wildman–Crippen MR) is 91.3 cm³/mol. The highest BCUT2D eigenvalue weighted by molar-refractivity contribution is 5.87. The Morgan fingerprint density at radius 3 is 2.61 bits per heavy atom. The molecule has 1 N–H and O–H groups in total. The maximum absolute atomic E-state index is 5.68. The zero-order valence-corrected chi connectivity index (χ0v) is 13.6. The first-order chi connectivity index (χ1) is 11.1. The van der Waals surface area contributed by atoms with Crippen molar-refractivity contribution in [3.05, 3.63) is 41.7 Å². The molecule has 0 radical (unpaired) electrons. The summed E-state index contributed by atoms with van der Waals surface area (Å²) in [7, 11) is 0. The minimum atomic E-state index is 0.485. The van der Waals surface area contributed by atoms with Crippen molar-refractivity contribution in [3.63, 3.8) is 0 Å². The van der Waals surface area contributed by atoms with Gasteiger partial charge in [0.05, 0.1) is 11.9 Å². The van der Waals surface area contributed by atoms with Gasteiger partial charge in [-0.3, -0.25) is 4.98 Å². The molecule has 0 saturated heterocycles. The summed E-state index contributed by atoms with van der Waals surface area (Å²) in [6.45, 7) is 7.68. The van der Waals surface area contributed by atoms with Crippen molar-refractivity contribution in [3.8, 4) is 22.8 Å². The van der Waals surface area contributed by atoms with Crippen LogP contribution in [0.3, 0.4) is 0 Å². The second-order valence-electron chi connectivity index (χ2n) is 6.35. The Balaban J connectivity index is 1.83. The quantitative estimate of drug-likeness (QED) is 0.761. The molecule has 1 aliphatic rings. The van der Waals surface area contributed by atoms with E-state index in [9.17, 15) is 0 Å². The van der Waals surface area contributed by atoms with Gasteiger partial charge < -0.3 is 14.5 Å². The van der Waals surface area contributed by atoms with Gasteiger partial charge in [0.1, 0.15) is 13.2 Å². The SMILES string of the molecule is Cc1cc2cc(C(C)C)[nH]c2cc1-c1cc2c(cn1)OCCO2. The van der Waals surface area contributed by atoms with Gasteiger partial charge in [0, 0.05) is 22.8 Å². The van der Waals surface area contributed by atoms with Crippen LogP contribution in [0.15, 0.2) is 30.5 Å². The molecule has 23 heavy (non-hydrogen) atoms. The zero-order chi connectivity index (χ0) is 16.0. The van der Waals surface area contributed by atoms with Crippen LogP contribution in [0, 0.1) is 6.92 Å². The van der Waals surface area contributed by atoms with Crippen molar-refractivity contribution in [1.29, 1.82) is 0 Å². The number of hydrogen-bond donors (Lipinski definition) is 1. The van der Waals surface area contributed by atoms with Gasteiger partial charge >= 0.3 is 0 Å². The van der Waals surface area contributed by atoms with E-state index in [2.05, 4.69) is 48.9 Å². The number of aromatic amines is 1. The van der Waals surface area contributed by atoms with E-state index in [1.807, 2.05) is 6.07 Å². The highest BCUT2D eigenvalue weighted by Crippen LogP contribution is 2.35. The van der Waals surface area contributed by atoms with Crippen LogP contribution < -0.4 is 9.47 Å². The van der Waals surface area contributed by atoms with E-state index >= 15 is 0 Å². The van der Waals surface area contributed by atoms with Gasteiger partial charge in [0.2, 0.25) is 0 Å². The zero-order valence-electron chi connectivity index (χ0n) is 13.6. The van der Waals surface area contributed by atoms with Crippen molar-refractivity contribution in [1.82, 2.24) is 9.97 Å². The number of nitrogens with one attached hydrogen (secondary N) is 1. The number of hydrogen-bond acceptors (Lipinski definition) is 3. The summed E-state index contributed by atoms with van der Waals surface area (Å²) in [5.41, 5.74) is 5.63. The number of rotatable bonds is 2. The number of nitrogens with zero attached hydrogens (tertiary/aromatic N) is 1. The van der Waals surface area contributed by atoms with E-state index in [1.54, 1.807) is 6.20 Å². The molecule has 4 rings (SSSR count). The fraction of sp³-hybridized carbons (Fsp3) is 0.316. The topological polar surface area (TPSA) is 47.1 Å². The number of benzene rings is 1. The number of aromatic nitrogens is 2. The molecule has 0 amide bonds. The molecule has 1 aliphatic heterocycles. The molecule has 118 valence electrons. The van der Waals surface area contributed by atoms with Gasteiger partial charge in [-0.1, -0.05) is 13.8 Å². The Kier molecular flexibility index (Phi) is 3.26. The maximum Gasteiger partial charge on any atom is 0.179 e. The van der Waals surface area contributed by atoms with Gasteiger partial charge in [-0.2, -0.15) is 0 Å². The van der Waals surface area contributed by atoms with Crippen LogP contribution in [-0.4, -0.2) is 23.2 Å². The lowest BCUT2D eigenvalue weighted by Crippen LogP contribution is -2.15. The second kappa shape index (κ2) is 5.30. The van der Waals surface area contributed by atoms with E-state index in [1.165, 1.54) is 16.6 Å². The van der Waals surface area contributed by atoms with Crippen LogP contribution in [0.1, 0.15) is 31.0 Å². The minimum absolute atomic E-state index is 0.485. The van der Waals surface area contributed by atoms with Gasteiger partial charge in [-0.15, -0.1) is 0 Å². The lowest BCUT2D eigenvalue weighted by molar-refractivity contribution is 0.171. The molecule has 0 aliphatic carbocycles. The van der Waals surface area contributed by atoms with E-state index in [0.29, 0.717) is 19.1 Å². The van der Waals surface area contributed by atoms with E-state index in [0.717, 1.165) is 28.3 Å². The van der Waals surface area contributed by atoms with Gasteiger partial charge in [-0.05, 0) is 42.0 Å². The number of H-pyrrole nitrogens is 1. The first kappa shape index (κ1) is 14.1. The van der Waals surface area contributed by atoms with Crippen LogP contribution in [0.5, 0.6) is 11.5 Å². The average Bonchev–Trinajstić information content (AvgIpc) is 2.97. The lowest BCUT2D eigenvalue weighted by Gasteiger charge is -2.18. The largest absolute Gasteiger partial charge is 0.486 e. The van der Waals surface area contributed by atoms with Crippen LogP contribution in [-0.2, 0) is 0 Å². The molecule has 2 aromatic heterocycles. The van der Waals surface area contributed by atoms with Crippen molar-refractivity contribution in [2.75, 3.05) is 13.2 Å².